The van der Waals surface area contributed by atoms with Crippen molar-refractivity contribution in [3.8, 4) is 0 Å². The molecule has 0 aromatic heterocycles. The molecular formula is C16H25N3O3. The van der Waals surface area contributed by atoms with Gasteiger partial charge in [0.05, 0.1) is 6.61 Å². The van der Waals surface area contributed by atoms with Crippen molar-refractivity contribution in [3.05, 3.63) is 24.3 Å². The normalized spacial score (nSPS) is 9.95. The zero-order valence-electron chi connectivity index (χ0n) is 13.5. The predicted molar refractivity (Wildman–Crippen MR) is 88.4 cm³/mol. The van der Waals surface area contributed by atoms with Gasteiger partial charge in [-0.2, -0.15) is 0 Å². The van der Waals surface area contributed by atoms with Crippen LogP contribution in [0.3, 0.4) is 0 Å². The molecule has 6 heteroatoms. The van der Waals surface area contributed by atoms with Crippen LogP contribution in [0.25, 0.3) is 0 Å². The standard InChI is InChI=1S/C16H25N3O3/c1-4-6-7-12-17-15(20)18-13-8-10-14(11-9-13)19(3)16(21)22-5-2/h8-11H,4-7,12H2,1-3H3,(H2,17,18,20). The first kappa shape index (κ1) is 17.8. The largest absolute Gasteiger partial charge is 0.449 e. The van der Waals surface area contributed by atoms with Crippen LogP contribution in [0.1, 0.15) is 33.1 Å². The van der Waals surface area contributed by atoms with E-state index in [1.54, 1.807) is 38.2 Å². The SMILES string of the molecule is CCCCCNC(=O)Nc1ccc(N(C)C(=O)OCC)cc1. The summed E-state index contributed by atoms with van der Waals surface area (Å²) in [6.07, 6.45) is 2.80. The number of ether oxygens (including phenoxy) is 1. The molecule has 0 saturated heterocycles. The molecule has 3 amide bonds. The summed E-state index contributed by atoms with van der Waals surface area (Å²) in [5.74, 6) is 0. The van der Waals surface area contributed by atoms with Gasteiger partial charge in [-0.15, -0.1) is 0 Å². The summed E-state index contributed by atoms with van der Waals surface area (Å²) in [5.41, 5.74) is 1.38. The minimum Gasteiger partial charge on any atom is -0.449 e. The lowest BCUT2D eigenvalue weighted by atomic mass is 10.2. The topological polar surface area (TPSA) is 70.7 Å². The first-order valence-electron chi connectivity index (χ1n) is 7.63. The molecule has 0 atom stereocenters. The van der Waals surface area contributed by atoms with Crippen LogP contribution in [-0.4, -0.2) is 32.3 Å². The summed E-state index contributed by atoms with van der Waals surface area (Å²) in [6.45, 7) is 4.89. The van der Waals surface area contributed by atoms with E-state index in [1.807, 2.05) is 0 Å². The second-order valence-electron chi connectivity index (χ2n) is 4.89. The van der Waals surface area contributed by atoms with Crippen molar-refractivity contribution in [2.45, 2.75) is 33.1 Å². The number of carbonyl (C=O) groups excluding carboxylic acids is 2. The number of hydrogen-bond acceptors (Lipinski definition) is 3. The van der Waals surface area contributed by atoms with Crippen molar-refractivity contribution in [2.75, 3.05) is 30.4 Å². The summed E-state index contributed by atoms with van der Waals surface area (Å²) < 4.78 is 4.92. The van der Waals surface area contributed by atoms with Crippen molar-refractivity contribution in [3.63, 3.8) is 0 Å². The van der Waals surface area contributed by atoms with Crippen LogP contribution in [0, 0.1) is 0 Å². The molecule has 0 aliphatic rings. The van der Waals surface area contributed by atoms with E-state index in [2.05, 4.69) is 17.6 Å². The Kier molecular flexibility index (Phi) is 7.81. The summed E-state index contributed by atoms with van der Waals surface area (Å²) in [4.78, 5) is 24.7. The molecule has 22 heavy (non-hydrogen) atoms. The molecule has 122 valence electrons. The van der Waals surface area contributed by atoms with Crippen LogP contribution in [-0.2, 0) is 4.74 Å². The number of nitrogens with one attached hydrogen (secondary N) is 2. The van der Waals surface area contributed by atoms with E-state index >= 15 is 0 Å². The number of anilines is 2. The van der Waals surface area contributed by atoms with Gasteiger partial charge in [-0.3, -0.25) is 4.90 Å². The fraction of sp³-hybridized carbons (Fsp3) is 0.500. The van der Waals surface area contributed by atoms with Gasteiger partial charge >= 0.3 is 12.1 Å². The molecule has 0 unspecified atom stereocenters. The van der Waals surface area contributed by atoms with Crippen LogP contribution < -0.4 is 15.5 Å². The number of urea groups is 1. The van der Waals surface area contributed by atoms with Crippen molar-refractivity contribution in [2.24, 2.45) is 0 Å². The van der Waals surface area contributed by atoms with Crippen LogP contribution in [0.2, 0.25) is 0 Å². The molecule has 2 N–H and O–H groups in total. The summed E-state index contributed by atoms with van der Waals surface area (Å²) in [5, 5.41) is 5.56. The Labute approximate surface area is 131 Å². The van der Waals surface area contributed by atoms with Crippen molar-refractivity contribution < 1.29 is 14.3 Å². The molecule has 0 aliphatic heterocycles. The van der Waals surface area contributed by atoms with E-state index in [0.29, 0.717) is 24.5 Å². The molecule has 0 aliphatic carbocycles. The molecule has 0 radical (unpaired) electrons. The predicted octanol–water partition coefficient (Wildman–Crippen LogP) is 3.59. The van der Waals surface area contributed by atoms with E-state index in [-0.39, 0.29) is 6.03 Å². The van der Waals surface area contributed by atoms with Gasteiger partial charge in [0.25, 0.3) is 0 Å². The average molecular weight is 307 g/mol. The number of carbonyl (C=O) groups is 2. The van der Waals surface area contributed by atoms with E-state index in [9.17, 15) is 9.59 Å². The number of amides is 3. The van der Waals surface area contributed by atoms with E-state index in [1.165, 1.54) is 4.90 Å². The van der Waals surface area contributed by atoms with Crippen LogP contribution in [0.5, 0.6) is 0 Å². The zero-order chi connectivity index (χ0) is 16.4. The van der Waals surface area contributed by atoms with Crippen molar-refractivity contribution >= 4 is 23.5 Å². The molecule has 1 rings (SSSR count). The van der Waals surface area contributed by atoms with Gasteiger partial charge in [-0.25, -0.2) is 9.59 Å². The molecule has 6 nitrogen and oxygen atoms in total. The smallest absolute Gasteiger partial charge is 0.413 e. The molecule has 0 spiro atoms. The highest BCUT2D eigenvalue weighted by Gasteiger charge is 2.11. The summed E-state index contributed by atoms with van der Waals surface area (Å²) in [6, 6.07) is 6.78. The maximum atomic E-state index is 11.7. The van der Waals surface area contributed by atoms with Crippen LogP contribution >= 0.6 is 0 Å². The highest BCUT2D eigenvalue weighted by molar-refractivity contribution is 5.90. The Morgan fingerprint density at radius 3 is 2.41 bits per heavy atom. The number of unbranched alkanes of at least 4 members (excludes halogenated alkanes) is 2. The lowest BCUT2D eigenvalue weighted by Crippen LogP contribution is -2.29. The first-order chi connectivity index (χ1) is 10.6. The van der Waals surface area contributed by atoms with Crippen LogP contribution in [0.4, 0.5) is 21.0 Å². The molecule has 0 heterocycles. The molecule has 0 bridgehead atoms. The fourth-order valence-corrected chi connectivity index (χ4v) is 1.85. The Morgan fingerprint density at radius 1 is 1.14 bits per heavy atom. The van der Waals surface area contributed by atoms with Gasteiger partial charge in [0.2, 0.25) is 0 Å². The van der Waals surface area contributed by atoms with Crippen molar-refractivity contribution in [1.82, 2.24) is 5.32 Å². The highest BCUT2D eigenvalue weighted by atomic mass is 16.6. The second-order valence-corrected chi connectivity index (χ2v) is 4.89. The number of rotatable bonds is 7. The van der Waals surface area contributed by atoms with Gasteiger partial charge < -0.3 is 15.4 Å². The third-order valence-electron chi connectivity index (χ3n) is 3.12. The van der Waals surface area contributed by atoms with Gasteiger partial charge in [0.1, 0.15) is 0 Å². The van der Waals surface area contributed by atoms with Crippen LogP contribution in [0.15, 0.2) is 24.3 Å². The fourth-order valence-electron chi connectivity index (χ4n) is 1.85. The third-order valence-corrected chi connectivity index (χ3v) is 3.12. The molecular weight excluding hydrogens is 282 g/mol. The molecule has 0 saturated carbocycles. The first-order valence-corrected chi connectivity index (χ1v) is 7.63. The molecule has 0 fully saturated rings. The number of benzene rings is 1. The monoisotopic (exact) mass is 307 g/mol. The third kappa shape index (κ3) is 6.03. The van der Waals surface area contributed by atoms with Gasteiger partial charge in [-0.05, 0) is 37.6 Å². The Morgan fingerprint density at radius 2 is 1.82 bits per heavy atom. The lowest BCUT2D eigenvalue weighted by Gasteiger charge is -2.17. The Balaban J connectivity index is 2.47. The lowest BCUT2D eigenvalue weighted by molar-refractivity contribution is 0.161. The summed E-state index contributed by atoms with van der Waals surface area (Å²) in [7, 11) is 1.64. The number of hydrogen-bond donors (Lipinski definition) is 2. The average Bonchev–Trinajstić information content (AvgIpc) is 2.52. The van der Waals surface area contributed by atoms with Gasteiger partial charge in [0, 0.05) is 25.0 Å². The summed E-state index contributed by atoms with van der Waals surface area (Å²) >= 11 is 0. The molecule has 1 aromatic carbocycles. The second kappa shape index (κ2) is 9.65. The van der Waals surface area contributed by atoms with Crippen molar-refractivity contribution in [1.29, 1.82) is 0 Å². The number of nitrogens with zero attached hydrogens (tertiary/aromatic N) is 1. The van der Waals surface area contributed by atoms with E-state index in [0.717, 1.165) is 19.3 Å². The Bertz CT molecular complexity index is 474. The minimum atomic E-state index is -0.406. The van der Waals surface area contributed by atoms with E-state index < -0.39 is 6.09 Å². The van der Waals surface area contributed by atoms with Gasteiger partial charge in [0.15, 0.2) is 0 Å². The highest BCUT2D eigenvalue weighted by Crippen LogP contribution is 2.17. The van der Waals surface area contributed by atoms with E-state index in [4.69, 9.17) is 4.74 Å². The minimum absolute atomic E-state index is 0.220. The zero-order valence-corrected chi connectivity index (χ0v) is 13.5. The molecule has 1 aromatic rings. The maximum absolute atomic E-state index is 11.7. The maximum Gasteiger partial charge on any atom is 0.413 e. The quantitative estimate of drug-likeness (QED) is 0.756. The Hall–Kier alpha value is -2.24. The van der Waals surface area contributed by atoms with Gasteiger partial charge in [-0.1, -0.05) is 19.8 Å².